The number of hydrogen-bond donors (Lipinski definition) is 0. The molecule has 4 rings (SSSR count). The van der Waals surface area contributed by atoms with Gasteiger partial charge in [0.1, 0.15) is 5.82 Å². The smallest absolute Gasteiger partial charge is 0.226 e. The molecule has 0 bridgehead atoms. The van der Waals surface area contributed by atoms with Crippen molar-refractivity contribution in [3.05, 3.63) is 53.1 Å². The predicted octanol–water partition coefficient (Wildman–Crippen LogP) is 3.43. The third-order valence-corrected chi connectivity index (χ3v) is 5.53. The number of benzene rings is 1. The molecule has 0 spiro atoms. The summed E-state index contributed by atoms with van der Waals surface area (Å²) in [5.41, 5.74) is 3.11. The molecule has 25 heavy (non-hydrogen) atoms. The highest BCUT2D eigenvalue weighted by molar-refractivity contribution is 5.83. The van der Waals surface area contributed by atoms with Crippen molar-refractivity contribution < 1.29 is 9.18 Å². The summed E-state index contributed by atoms with van der Waals surface area (Å²) in [5, 5.41) is 4.54. The van der Waals surface area contributed by atoms with Gasteiger partial charge < -0.3 is 4.90 Å². The topological polar surface area (TPSA) is 38.1 Å². The highest BCUT2D eigenvalue weighted by atomic mass is 19.1. The van der Waals surface area contributed by atoms with Gasteiger partial charge in [-0.25, -0.2) is 4.39 Å². The van der Waals surface area contributed by atoms with Crippen molar-refractivity contribution in [2.24, 2.45) is 5.92 Å². The molecule has 1 aliphatic carbocycles. The highest BCUT2D eigenvalue weighted by Crippen LogP contribution is 2.49. The molecule has 3 atom stereocenters. The van der Waals surface area contributed by atoms with Crippen LogP contribution in [-0.4, -0.2) is 33.2 Å². The Morgan fingerprint density at radius 3 is 2.88 bits per heavy atom. The number of halogens is 1. The van der Waals surface area contributed by atoms with Crippen molar-refractivity contribution in [3.63, 3.8) is 0 Å². The van der Waals surface area contributed by atoms with Crippen LogP contribution in [0, 0.1) is 25.6 Å². The number of amides is 1. The molecule has 2 aliphatic rings. The van der Waals surface area contributed by atoms with Crippen LogP contribution in [0.1, 0.15) is 42.1 Å². The Bertz CT molecular complexity index is 800. The van der Waals surface area contributed by atoms with Crippen LogP contribution in [0.15, 0.2) is 30.3 Å². The van der Waals surface area contributed by atoms with E-state index in [0.717, 1.165) is 49.3 Å². The Morgan fingerprint density at radius 1 is 1.32 bits per heavy atom. The molecule has 5 heteroatoms. The van der Waals surface area contributed by atoms with Crippen LogP contribution in [-0.2, 0) is 11.3 Å². The molecule has 1 aliphatic heterocycles. The molecule has 0 radical (unpaired) electrons. The quantitative estimate of drug-likeness (QED) is 0.854. The lowest BCUT2D eigenvalue weighted by Gasteiger charge is -2.25. The predicted molar refractivity (Wildman–Crippen MR) is 93.7 cm³/mol. The summed E-state index contributed by atoms with van der Waals surface area (Å²) in [6.45, 7) is 5.65. The Kier molecular flexibility index (Phi) is 4.10. The van der Waals surface area contributed by atoms with Crippen LogP contribution in [0.2, 0.25) is 0 Å². The molecule has 1 aromatic heterocycles. The number of aryl methyl sites for hydroxylation is 2. The maximum atomic E-state index is 13.4. The van der Waals surface area contributed by atoms with E-state index >= 15 is 0 Å². The van der Waals surface area contributed by atoms with E-state index in [9.17, 15) is 9.18 Å². The molecular formula is C20H24FN3O. The molecule has 1 saturated carbocycles. The van der Waals surface area contributed by atoms with E-state index in [1.807, 2.05) is 22.6 Å². The van der Waals surface area contributed by atoms with Gasteiger partial charge in [0.05, 0.1) is 18.3 Å². The van der Waals surface area contributed by atoms with Crippen molar-refractivity contribution in [2.75, 3.05) is 6.54 Å². The normalized spacial score (nSPS) is 25.4. The number of rotatable bonds is 4. The maximum Gasteiger partial charge on any atom is 0.226 e. The molecule has 1 aromatic carbocycles. The second-order valence-electron chi connectivity index (χ2n) is 7.44. The van der Waals surface area contributed by atoms with E-state index in [2.05, 4.69) is 18.1 Å². The highest BCUT2D eigenvalue weighted by Gasteiger charge is 2.47. The van der Waals surface area contributed by atoms with Crippen molar-refractivity contribution in [3.8, 4) is 0 Å². The maximum absolute atomic E-state index is 13.4. The molecule has 1 amide bonds. The van der Waals surface area contributed by atoms with Gasteiger partial charge in [-0.2, -0.15) is 5.10 Å². The third kappa shape index (κ3) is 3.20. The van der Waals surface area contributed by atoms with Gasteiger partial charge in [-0.05, 0) is 62.8 Å². The fourth-order valence-electron chi connectivity index (χ4n) is 4.16. The zero-order valence-corrected chi connectivity index (χ0v) is 14.8. The fourth-order valence-corrected chi connectivity index (χ4v) is 4.16. The lowest BCUT2D eigenvalue weighted by Crippen LogP contribution is -2.39. The Hall–Kier alpha value is -2.17. The summed E-state index contributed by atoms with van der Waals surface area (Å²) in [5.74, 6) is 0.207. The zero-order valence-electron chi connectivity index (χ0n) is 14.8. The average molecular weight is 341 g/mol. The van der Waals surface area contributed by atoms with E-state index in [1.54, 1.807) is 12.1 Å². The molecule has 2 heterocycles. The molecule has 132 valence electrons. The number of carbonyl (C=O) groups excluding carboxylic acids is 1. The van der Waals surface area contributed by atoms with Gasteiger partial charge in [-0.3, -0.25) is 9.48 Å². The summed E-state index contributed by atoms with van der Waals surface area (Å²) >= 11 is 0. The second-order valence-corrected chi connectivity index (χ2v) is 7.44. The first-order valence-electron chi connectivity index (χ1n) is 9.10. The second kappa shape index (κ2) is 6.28. The summed E-state index contributed by atoms with van der Waals surface area (Å²) in [4.78, 5) is 15.0. The minimum absolute atomic E-state index is 0.0165. The number of carbonyl (C=O) groups is 1. The molecule has 1 saturated heterocycles. The van der Waals surface area contributed by atoms with Gasteiger partial charge in [0.15, 0.2) is 0 Å². The van der Waals surface area contributed by atoms with Gasteiger partial charge in [0.25, 0.3) is 0 Å². The van der Waals surface area contributed by atoms with E-state index in [4.69, 9.17) is 0 Å². The number of nitrogens with zero attached hydrogens (tertiary/aromatic N) is 3. The molecule has 0 unspecified atom stereocenters. The van der Waals surface area contributed by atoms with E-state index in [0.29, 0.717) is 0 Å². The van der Waals surface area contributed by atoms with Crippen LogP contribution in [0.4, 0.5) is 4.39 Å². The molecule has 0 N–H and O–H groups in total. The Balaban J connectivity index is 1.44. The lowest BCUT2D eigenvalue weighted by molar-refractivity contribution is -0.133. The monoisotopic (exact) mass is 341 g/mol. The van der Waals surface area contributed by atoms with Gasteiger partial charge in [-0.1, -0.05) is 12.1 Å². The fraction of sp³-hybridized carbons (Fsp3) is 0.500. The first-order valence-corrected chi connectivity index (χ1v) is 9.10. The summed E-state index contributed by atoms with van der Waals surface area (Å²) in [6.07, 6.45) is 2.92. The molecule has 4 nitrogen and oxygen atoms in total. The number of hydrogen-bond acceptors (Lipinski definition) is 2. The van der Waals surface area contributed by atoms with Crippen molar-refractivity contribution in [2.45, 2.75) is 51.6 Å². The van der Waals surface area contributed by atoms with Crippen molar-refractivity contribution in [1.29, 1.82) is 0 Å². The minimum atomic E-state index is -0.223. The first-order chi connectivity index (χ1) is 12.0. The van der Waals surface area contributed by atoms with Crippen molar-refractivity contribution in [1.82, 2.24) is 14.7 Å². The van der Waals surface area contributed by atoms with Crippen LogP contribution in [0.25, 0.3) is 0 Å². The lowest BCUT2D eigenvalue weighted by atomic mass is 10.1. The largest absolute Gasteiger partial charge is 0.338 e. The van der Waals surface area contributed by atoms with E-state index in [1.165, 1.54) is 6.07 Å². The van der Waals surface area contributed by atoms with Crippen LogP contribution in [0.5, 0.6) is 0 Å². The van der Waals surface area contributed by atoms with E-state index < -0.39 is 0 Å². The molecular weight excluding hydrogens is 317 g/mol. The standard InChI is InChI=1S/C20H24FN3O/c1-13-9-14(2)24(22-13)12-17-7-4-8-23(17)20(25)19-11-18(19)15-5-3-6-16(21)10-15/h3,5-6,9-10,17-19H,4,7-8,11-12H2,1-2H3/t17-,18-,19-/m0/s1. The number of aromatic nitrogens is 2. The zero-order chi connectivity index (χ0) is 17.6. The van der Waals surface area contributed by atoms with Gasteiger partial charge in [0.2, 0.25) is 5.91 Å². The minimum Gasteiger partial charge on any atom is -0.338 e. The SMILES string of the molecule is Cc1cc(C)n(C[C@@H]2CCCN2C(=O)[C@H]2C[C@H]2c2cccc(F)c2)n1. The van der Waals surface area contributed by atoms with Gasteiger partial charge >= 0.3 is 0 Å². The third-order valence-electron chi connectivity index (χ3n) is 5.53. The Labute approximate surface area is 147 Å². The summed E-state index contributed by atoms with van der Waals surface area (Å²) < 4.78 is 15.4. The average Bonchev–Trinajstić information content (AvgIpc) is 3.14. The van der Waals surface area contributed by atoms with E-state index in [-0.39, 0.29) is 29.6 Å². The Morgan fingerprint density at radius 2 is 2.16 bits per heavy atom. The van der Waals surface area contributed by atoms with Gasteiger partial charge in [-0.15, -0.1) is 0 Å². The number of likely N-dealkylation sites (tertiary alicyclic amines) is 1. The van der Waals surface area contributed by atoms with Crippen LogP contribution < -0.4 is 0 Å². The van der Waals surface area contributed by atoms with Crippen LogP contribution in [0.3, 0.4) is 0 Å². The van der Waals surface area contributed by atoms with Crippen LogP contribution >= 0.6 is 0 Å². The first kappa shape index (κ1) is 16.3. The summed E-state index contributed by atoms with van der Waals surface area (Å²) in [7, 11) is 0. The van der Waals surface area contributed by atoms with Crippen molar-refractivity contribution >= 4 is 5.91 Å². The molecule has 2 aromatic rings. The van der Waals surface area contributed by atoms with Gasteiger partial charge in [0, 0.05) is 18.2 Å². The summed E-state index contributed by atoms with van der Waals surface area (Å²) in [6, 6.07) is 8.97. The molecule has 2 fully saturated rings.